The van der Waals surface area contributed by atoms with Crippen molar-refractivity contribution in [1.29, 1.82) is 0 Å². The van der Waals surface area contributed by atoms with Gasteiger partial charge in [0, 0.05) is 25.8 Å². The number of hydrogen-bond acceptors (Lipinski definition) is 11. The molecule has 0 unspecified atom stereocenters. The van der Waals surface area contributed by atoms with Crippen LogP contribution in [0.3, 0.4) is 0 Å². The zero-order chi connectivity index (χ0) is 57.8. The molecule has 0 aromatic heterocycles. The summed E-state index contributed by atoms with van der Waals surface area (Å²) in [5.41, 5.74) is 0.828. The predicted molar refractivity (Wildman–Crippen MR) is 272 cm³/mol. The zero-order valence-electron chi connectivity index (χ0n) is 43.6. The number of amides is 7. The fourth-order valence-electron chi connectivity index (χ4n) is 7.94. The maximum absolute atomic E-state index is 14.5. The topological polar surface area (TPSA) is 333 Å². The molecule has 420 valence electrons. The quantitative estimate of drug-likeness (QED) is 0.0339. The van der Waals surface area contributed by atoms with E-state index in [4.69, 9.17) is 5.11 Å². The first kappa shape index (κ1) is 63.4. The molecule has 0 radical (unpaired) electrons. The standard InChI is InChI=1S/C53H68F3N7O14/c1-29(2)24-36(47(73)62-39(28-53(54,55)56)44(71)50(76)57-23-11-13-31-17-18-32-14-9-10-16-34(32)25-31)61-51(77)45(52(4,5)6)63-49(75)37(26-33-15-8-7-12-30(33)3)60-46(72)35(19-21-41(65)66)59-48(74)38(27-43(69)70)58-40(64)20-22-42(67)68/h7-10,12,14-18,25,29,35-39,45H,11,13,19-24,26-28H2,1-6H3,(H,57,76)(H,58,64)(H,59,74)(H,60,72)(H,61,77)(H,62,73)(H,63,75)(H,65,66)(H,67,68)(H,69,70)/t35-,36-,37-,38-,39-,45+/m0/s1. The highest BCUT2D eigenvalue weighted by atomic mass is 19.4. The van der Waals surface area contributed by atoms with Gasteiger partial charge >= 0.3 is 24.1 Å². The van der Waals surface area contributed by atoms with E-state index in [1.165, 1.54) is 20.8 Å². The van der Waals surface area contributed by atoms with Gasteiger partial charge < -0.3 is 52.5 Å². The van der Waals surface area contributed by atoms with Crippen LogP contribution in [0.15, 0.2) is 66.7 Å². The highest BCUT2D eigenvalue weighted by Gasteiger charge is 2.42. The van der Waals surface area contributed by atoms with Gasteiger partial charge in [0.2, 0.25) is 41.2 Å². The number of rotatable bonds is 30. The van der Waals surface area contributed by atoms with Gasteiger partial charge in [-0.3, -0.25) is 52.7 Å². The number of halogens is 3. The molecule has 0 spiro atoms. The molecule has 0 heterocycles. The molecule has 10 N–H and O–H groups in total. The predicted octanol–water partition coefficient (Wildman–Crippen LogP) is 3.17. The third kappa shape index (κ3) is 22.4. The largest absolute Gasteiger partial charge is 0.481 e. The molecule has 0 aliphatic rings. The number of carbonyl (C=O) groups excluding carboxylic acids is 8. The molecule has 0 bridgehead atoms. The summed E-state index contributed by atoms with van der Waals surface area (Å²) in [6.45, 7) is 9.44. The fraction of sp³-hybridized carbons (Fsp3) is 0.491. The Kier molecular flexibility index (Phi) is 24.2. The van der Waals surface area contributed by atoms with Crippen molar-refractivity contribution in [3.8, 4) is 0 Å². The summed E-state index contributed by atoms with van der Waals surface area (Å²) in [6.07, 6.45) is -10.4. The van der Waals surface area contributed by atoms with Crippen LogP contribution >= 0.6 is 0 Å². The lowest BCUT2D eigenvalue weighted by molar-refractivity contribution is -0.154. The first-order chi connectivity index (χ1) is 35.9. The normalized spacial score (nSPS) is 13.8. The number of hydrogen-bond donors (Lipinski definition) is 10. The highest BCUT2D eigenvalue weighted by molar-refractivity contribution is 6.38. The number of aryl methyl sites for hydroxylation is 2. The van der Waals surface area contributed by atoms with Crippen molar-refractivity contribution < 1.29 is 81.2 Å². The van der Waals surface area contributed by atoms with Crippen LogP contribution in [0.25, 0.3) is 10.8 Å². The van der Waals surface area contributed by atoms with E-state index in [0.717, 1.165) is 16.3 Å². The number of carboxylic acid groups (broad SMARTS) is 3. The van der Waals surface area contributed by atoms with E-state index in [2.05, 4.69) is 31.9 Å². The Morgan fingerprint density at radius 3 is 1.74 bits per heavy atom. The van der Waals surface area contributed by atoms with Gasteiger partial charge in [0.25, 0.3) is 5.91 Å². The van der Waals surface area contributed by atoms with Gasteiger partial charge in [-0.25, -0.2) is 0 Å². The van der Waals surface area contributed by atoms with Gasteiger partial charge in [-0.1, -0.05) is 101 Å². The van der Waals surface area contributed by atoms with Crippen LogP contribution in [0.4, 0.5) is 13.2 Å². The Hall–Kier alpha value is -7.92. The molecule has 0 aliphatic heterocycles. The Morgan fingerprint density at radius 2 is 1.14 bits per heavy atom. The lowest BCUT2D eigenvalue weighted by Crippen LogP contribution is -2.62. The van der Waals surface area contributed by atoms with Crippen molar-refractivity contribution >= 4 is 75.8 Å². The average Bonchev–Trinajstić information content (AvgIpc) is 3.33. The van der Waals surface area contributed by atoms with Crippen molar-refractivity contribution in [2.75, 3.05) is 6.54 Å². The van der Waals surface area contributed by atoms with E-state index in [-0.39, 0.29) is 19.4 Å². The fourth-order valence-corrected chi connectivity index (χ4v) is 7.94. The van der Waals surface area contributed by atoms with E-state index >= 15 is 0 Å². The van der Waals surface area contributed by atoms with Crippen LogP contribution in [-0.4, -0.2) is 129 Å². The monoisotopic (exact) mass is 1080 g/mol. The van der Waals surface area contributed by atoms with Gasteiger partial charge in [0.05, 0.1) is 19.3 Å². The minimum absolute atomic E-state index is 0.0812. The molecule has 0 fully saturated rings. The van der Waals surface area contributed by atoms with E-state index in [1.807, 2.05) is 47.8 Å². The summed E-state index contributed by atoms with van der Waals surface area (Å²) >= 11 is 0. The van der Waals surface area contributed by atoms with E-state index in [1.54, 1.807) is 45.0 Å². The van der Waals surface area contributed by atoms with Crippen molar-refractivity contribution in [3.05, 3.63) is 83.4 Å². The molecule has 7 amide bonds. The lowest BCUT2D eigenvalue weighted by atomic mass is 9.85. The number of carbonyl (C=O) groups is 11. The number of fused-ring (bicyclic) bond motifs is 1. The second-order valence-electron chi connectivity index (χ2n) is 20.1. The van der Waals surface area contributed by atoms with Crippen LogP contribution in [0.5, 0.6) is 0 Å². The van der Waals surface area contributed by atoms with Crippen LogP contribution in [-0.2, 0) is 65.6 Å². The lowest BCUT2D eigenvalue weighted by Gasteiger charge is -2.34. The Morgan fingerprint density at radius 1 is 0.584 bits per heavy atom. The third-order valence-corrected chi connectivity index (χ3v) is 12.0. The van der Waals surface area contributed by atoms with Crippen molar-refractivity contribution in [1.82, 2.24) is 37.2 Å². The minimum Gasteiger partial charge on any atom is -0.481 e. The number of aliphatic carboxylic acids is 3. The first-order valence-corrected chi connectivity index (χ1v) is 24.8. The van der Waals surface area contributed by atoms with E-state index in [9.17, 15) is 76.1 Å². The second-order valence-corrected chi connectivity index (χ2v) is 20.1. The first-order valence-electron chi connectivity index (χ1n) is 24.8. The average molecular weight is 1080 g/mol. The highest BCUT2D eigenvalue weighted by Crippen LogP contribution is 2.24. The molecule has 77 heavy (non-hydrogen) atoms. The van der Waals surface area contributed by atoms with Gasteiger partial charge in [0.15, 0.2) is 0 Å². The molecule has 0 aliphatic carbocycles. The summed E-state index contributed by atoms with van der Waals surface area (Å²) in [6, 6.07) is 9.12. The molecule has 3 aromatic carbocycles. The number of nitrogens with one attached hydrogen (secondary N) is 7. The summed E-state index contributed by atoms with van der Waals surface area (Å²) in [4.78, 5) is 143. The molecule has 0 saturated heterocycles. The van der Waals surface area contributed by atoms with Crippen molar-refractivity contribution in [3.63, 3.8) is 0 Å². The smallest absolute Gasteiger partial charge is 0.391 e. The Labute approximate surface area is 442 Å². The number of ketones is 1. The maximum atomic E-state index is 14.5. The van der Waals surface area contributed by atoms with Crippen LogP contribution in [0, 0.1) is 18.3 Å². The van der Waals surface area contributed by atoms with Gasteiger partial charge in [-0.15, -0.1) is 0 Å². The molecule has 6 atom stereocenters. The number of benzene rings is 3. The van der Waals surface area contributed by atoms with E-state index < -0.39 is 157 Å². The maximum Gasteiger partial charge on any atom is 0.391 e. The molecular weight excluding hydrogens is 1020 g/mol. The van der Waals surface area contributed by atoms with Crippen molar-refractivity contribution in [2.24, 2.45) is 11.3 Å². The third-order valence-electron chi connectivity index (χ3n) is 12.0. The number of carboxylic acids is 3. The van der Waals surface area contributed by atoms with Gasteiger partial charge in [-0.2, -0.15) is 13.2 Å². The van der Waals surface area contributed by atoms with Crippen LogP contribution in [0.1, 0.15) is 103 Å². The van der Waals surface area contributed by atoms with E-state index in [0.29, 0.717) is 24.0 Å². The number of Topliss-reactive ketones (excluding diaryl/α,β-unsaturated/α-hetero) is 1. The molecular formula is C53H68F3N7O14. The second kappa shape index (κ2) is 29.4. The molecule has 24 heteroatoms. The van der Waals surface area contributed by atoms with Crippen LogP contribution < -0.4 is 37.2 Å². The number of alkyl halides is 3. The summed E-state index contributed by atoms with van der Waals surface area (Å²) in [5, 5.41) is 46.0. The minimum atomic E-state index is -5.04. The molecule has 3 aromatic rings. The Bertz CT molecular complexity index is 2640. The van der Waals surface area contributed by atoms with Crippen molar-refractivity contribution in [2.45, 2.75) is 148 Å². The van der Waals surface area contributed by atoms with Gasteiger partial charge in [0.1, 0.15) is 36.3 Å². The molecule has 0 saturated carbocycles. The molecule has 21 nitrogen and oxygen atoms in total. The molecule has 3 rings (SSSR count). The van der Waals surface area contributed by atoms with Crippen LogP contribution in [0.2, 0.25) is 0 Å². The Balaban J connectivity index is 1.87. The summed E-state index contributed by atoms with van der Waals surface area (Å²) in [5.74, 6) is -14.5. The van der Waals surface area contributed by atoms with Gasteiger partial charge in [-0.05, 0) is 71.4 Å². The summed E-state index contributed by atoms with van der Waals surface area (Å²) < 4.78 is 41.8. The SMILES string of the molecule is Cc1ccccc1C[C@H](NC(=O)[C@H](CCC(=O)O)NC(=O)[C@H](CC(=O)O)NC(=O)CCC(=O)O)C(=O)N[C@H](C(=O)N[C@@H](CC(C)C)C(=O)N[C@@H](CC(F)(F)F)C(=O)C(=O)NCCCc1ccc2ccccc2c1)C(C)(C)C. The summed E-state index contributed by atoms with van der Waals surface area (Å²) in [7, 11) is 0. The zero-order valence-corrected chi connectivity index (χ0v) is 43.6.